The first-order valence-corrected chi connectivity index (χ1v) is 8.85. The fourth-order valence-electron chi connectivity index (χ4n) is 2.17. The molecule has 116 valence electrons. The summed E-state index contributed by atoms with van der Waals surface area (Å²) in [5.41, 5.74) is 0.565. The Labute approximate surface area is 131 Å². The number of hydrogen-bond acceptors (Lipinski definition) is 6. The monoisotopic (exact) mass is 339 g/mol. The smallest absolute Gasteiger partial charge is 0.263 e. The van der Waals surface area contributed by atoms with Crippen molar-refractivity contribution >= 4 is 38.1 Å². The molecule has 0 aliphatic carbocycles. The van der Waals surface area contributed by atoms with E-state index in [1.807, 2.05) is 0 Å². The fourth-order valence-corrected chi connectivity index (χ4v) is 3.96. The number of thiazole rings is 1. The average Bonchev–Trinajstić information content (AvgIpc) is 3.10. The lowest BCUT2D eigenvalue weighted by molar-refractivity contribution is -0.123. The van der Waals surface area contributed by atoms with Crippen LogP contribution >= 0.6 is 11.3 Å². The summed E-state index contributed by atoms with van der Waals surface area (Å²) in [6.45, 7) is 0.420. The minimum Gasteiger partial charge on any atom is -0.383 e. The number of carbonyl (C=O) groups is 1. The van der Waals surface area contributed by atoms with Crippen molar-refractivity contribution in [3.63, 3.8) is 0 Å². The van der Waals surface area contributed by atoms with Gasteiger partial charge in [-0.2, -0.15) is 0 Å². The number of nitrogens with one attached hydrogen (secondary N) is 1. The molecule has 1 atom stereocenters. The second kappa shape index (κ2) is 5.67. The van der Waals surface area contributed by atoms with Crippen LogP contribution in [0.2, 0.25) is 0 Å². The summed E-state index contributed by atoms with van der Waals surface area (Å²) >= 11 is 1.19. The van der Waals surface area contributed by atoms with Crippen molar-refractivity contribution < 1.29 is 18.3 Å². The van der Waals surface area contributed by atoms with Crippen molar-refractivity contribution in [3.8, 4) is 0 Å². The van der Waals surface area contributed by atoms with Gasteiger partial charge in [-0.3, -0.25) is 9.52 Å². The van der Waals surface area contributed by atoms with Crippen LogP contribution < -0.4 is 9.62 Å². The molecule has 1 saturated heterocycles. The molecule has 1 aromatic heterocycles. The number of nitrogens with zero attached hydrogens (tertiary/aromatic N) is 2. The van der Waals surface area contributed by atoms with Crippen LogP contribution in [0.5, 0.6) is 0 Å². The number of amides is 1. The summed E-state index contributed by atoms with van der Waals surface area (Å²) in [6, 6.07) is 5.94. The minimum atomic E-state index is -3.70. The molecule has 1 aliphatic rings. The quantitative estimate of drug-likeness (QED) is 0.867. The second-order valence-corrected chi connectivity index (χ2v) is 7.31. The van der Waals surface area contributed by atoms with Crippen LogP contribution in [0.15, 0.2) is 40.7 Å². The molecule has 1 aliphatic heterocycles. The van der Waals surface area contributed by atoms with E-state index in [0.717, 1.165) is 0 Å². The molecule has 1 aromatic carbocycles. The number of aliphatic hydroxyl groups is 1. The van der Waals surface area contributed by atoms with E-state index in [0.29, 0.717) is 23.8 Å². The van der Waals surface area contributed by atoms with E-state index in [1.165, 1.54) is 34.6 Å². The third-order valence-electron chi connectivity index (χ3n) is 3.29. The van der Waals surface area contributed by atoms with Gasteiger partial charge in [0.15, 0.2) is 5.13 Å². The molecule has 7 nitrogen and oxygen atoms in total. The lowest BCUT2D eigenvalue weighted by Crippen LogP contribution is -2.29. The van der Waals surface area contributed by atoms with Crippen LogP contribution in [-0.2, 0) is 14.8 Å². The Hall–Kier alpha value is -1.97. The second-order valence-electron chi connectivity index (χ2n) is 4.73. The number of aliphatic hydroxyl groups excluding tert-OH is 1. The van der Waals surface area contributed by atoms with Gasteiger partial charge in [0.05, 0.1) is 4.90 Å². The van der Waals surface area contributed by atoms with Gasteiger partial charge in [-0.15, -0.1) is 11.3 Å². The van der Waals surface area contributed by atoms with Gasteiger partial charge in [0, 0.05) is 30.2 Å². The molecule has 1 fully saturated rings. The van der Waals surface area contributed by atoms with Gasteiger partial charge in [-0.1, -0.05) is 0 Å². The lowest BCUT2D eigenvalue weighted by atomic mass is 10.3. The van der Waals surface area contributed by atoms with Crippen molar-refractivity contribution in [1.29, 1.82) is 0 Å². The van der Waals surface area contributed by atoms with Gasteiger partial charge in [0.1, 0.15) is 6.10 Å². The van der Waals surface area contributed by atoms with Gasteiger partial charge in [0.25, 0.3) is 15.9 Å². The molecule has 22 heavy (non-hydrogen) atoms. The third-order valence-corrected chi connectivity index (χ3v) is 5.46. The zero-order chi connectivity index (χ0) is 15.7. The van der Waals surface area contributed by atoms with Gasteiger partial charge in [0.2, 0.25) is 0 Å². The lowest BCUT2D eigenvalue weighted by Gasteiger charge is -2.16. The van der Waals surface area contributed by atoms with E-state index in [1.54, 1.807) is 17.5 Å². The first kappa shape index (κ1) is 14.9. The number of anilines is 2. The molecule has 9 heteroatoms. The predicted octanol–water partition coefficient (Wildman–Crippen LogP) is 1.04. The van der Waals surface area contributed by atoms with Crippen LogP contribution in [0.4, 0.5) is 10.8 Å². The maximum atomic E-state index is 12.2. The summed E-state index contributed by atoms with van der Waals surface area (Å²) in [7, 11) is -3.70. The van der Waals surface area contributed by atoms with E-state index >= 15 is 0 Å². The highest BCUT2D eigenvalue weighted by molar-refractivity contribution is 7.93. The maximum absolute atomic E-state index is 12.2. The molecule has 0 spiro atoms. The molecule has 0 bridgehead atoms. The zero-order valence-corrected chi connectivity index (χ0v) is 13.0. The van der Waals surface area contributed by atoms with Crippen molar-refractivity contribution in [2.75, 3.05) is 16.2 Å². The summed E-state index contributed by atoms with van der Waals surface area (Å²) in [4.78, 5) is 17.1. The van der Waals surface area contributed by atoms with Crippen LogP contribution in [0.25, 0.3) is 0 Å². The fraction of sp³-hybridized carbons (Fsp3) is 0.231. The molecule has 0 saturated carbocycles. The molecule has 2 N–H and O–H groups in total. The summed E-state index contributed by atoms with van der Waals surface area (Å²) in [5, 5.41) is 11.4. The molecule has 2 heterocycles. The predicted molar refractivity (Wildman–Crippen MR) is 82.3 cm³/mol. The van der Waals surface area contributed by atoms with Crippen LogP contribution in [-0.4, -0.2) is 37.1 Å². The van der Waals surface area contributed by atoms with Crippen molar-refractivity contribution in [1.82, 2.24) is 4.98 Å². The number of aromatic nitrogens is 1. The molecular weight excluding hydrogens is 326 g/mol. The highest BCUT2D eigenvalue weighted by Crippen LogP contribution is 2.24. The highest BCUT2D eigenvalue weighted by atomic mass is 32.2. The van der Waals surface area contributed by atoms with Gasteiger partial charge < -0.3 is 10.0 Å². The van der Waals surface area contributed by atoms with E-state index < -0.39 is 16.1 Å². The Morgan fingerprint density at radius 3 is 2.59 bits per heavy atom. The maximum Gasteiger partial charge on any atom is 0.263 e. The number of carbonyl (C=O) groups excluding carboxylic acids is 1. The molecular formula is C13H13N3O4S2. The molecule has 0 radical (unpaired) electrons. The van der Waals surface area contributed by atoms with E-state index in [4.69, 9.17) is 0 Å². The third kappa shape index (κ3) is 2.82. The van der Waals surface area contributed by atoms with Gasteiger partial charge >= 0.3 is 0 Å². The molecule has 3 rings (SSSR count). The van der Waals surface area contributed by atoms with Gasteiger partial charge in [-0.05, 0) is 24.3 Å². The highest BCUT2D eigenvalue weighted by Gasteiger charge is 2.30. The largest absolute Gasteiger partial charge is 0.383 e. The van der Waals surface area contributed by atoms with Crippen LogP contribution in [0.1, 0.15) is 6.42 Å². The average molecular weight is 339 g/mol. The Morgan fingerprint density at radius 1 is 1.32 bits per heavy atom. The summed E-state index contributed by atoms with van der Waals surface area (Å²) in [6.07, 6.45) is 0.912. The number of benzene rings is 1. The first-order chi connectivity index (χ1) is 10.5. The van der Waals surface area contributed by atoms with Crippen molar-refractivity contribution in [2.45, 2.75) is 17.4 Å². The number of sulfonamides is 1. The van der Waals surface area contributed by atoms with Gasteiger partial charge in [-0.25, -0.2) is 13.4 Å². The zero-order valence-electron chi connectivity index (χ0n) is 11.3. The Morgan fingerprint density at radius 2 is 2.05 bits per heavy atom. The minimum absolute atomic E-state index is 0.0821. The topological polar surface area (TPSA) is 99.6 Å². The normalized spacial score (nSPS) is 18.7. The summed E-state index contributed by atoms with van der Waals surface area (Å²) in [5.74, 6) is -0.364. The van der Waals surface area contributed by atoms with E-state index in [2.05, 4.69) is 9.71 Å². The Kier molecular flexibility index (Phi) is 3.85. The Bertz CT molecular complexity index is 772. The molecule has 0 unspecified atom stereocenters. The molecule has 2 aromatic rings. The number of rotatable bonds is 4. The first-order valence-electron chi connectivity index (χ1n) is 6.49. The van der Waals surface area contributed by atoms with Crippen molar-refractivity contribution in [3.05, 3.63) is 35.8 Å². The summed E-state index contributed by atoms with van der Waals surface area (Å²) < 4.78 is 26.7. The Balaban J connectivity index is 1.81. The van der Waals surface area contributed by atoms with E-state index in [9.17, 15) is 18.3 Å². The SMILES string of the molecule is O=C1[C@@H](O)CCN1c1ccc(S(=O)(=O)Nc2nccs2)cc1. The number of hydrogen-bond donors (Lipinski definition) is 2. The molecule has 1 amide bonds. The van der Waals surface area contributed by atoms with Crippen molar-refractivity contribution in [2.24, 2.45) is 0 Å². The van der Waals surface area contributed by atoms with Crippen LogP contribution in [0.3, 0.4) is 0 Å². The van der Waals surface area contributed by atoms with E-state index in [-0.39, 0.29) is 10.8 Å². The van der Waals surface area contributed by atoms with Crippen LogP contribution in [0, 0.1) is 0 Å². The standard InChI is InChI=1S/C13H13N3O4S2/c17-11-5-7-16(12(11)18)9-1-3-10(4-2-9)22(19,20)15-13-14-6-8-21-13/h1-4,6,8,11,17H,5,7H2,(H,14,15)/t11-/m0/s1.